The monoisotopic (exact) mass is 401 g/mol. The molecule has 4 rings (SSSR count). The molecule has 3 aromatic rings. The fourth-order valence-electron chi connectivity index (χ4n) is 4.19. The lowest BCUT2D eigenvalue weighted by Crippen LogP contribution is -2.31. The van der Waals surface area contributed by atoms with Crippen LogP contribution in [0.15, 0.2) is 72.8 Å². The van der Waals surface area contributed by atoms with Crippen molar-refractivity contribution in [2.45, 2.75) is 46.0 Å². The van der Waals surface area contributed by atoms with Crippen molar-refractivity contribution in [1.82, 2.24) is 5.32 Å². The highest BCUT2D eigenvalue weighted by atomic mass is 16.1. The molecule has 2 heteroatoms. The summed E-state index contributed by atoms with van der Waals surface area (Å²) < 4.78 is 0. The topological polar surface area (TPSA) is 29.1 Å². The van der Waals surface area contributed by atoms with Gasteiger partial charge in [0.2, 0.25) is 0 Å². The van der Waals surface area contributed by atoms with Gasteiger partial charge in [0, 0.05) is 11.5 Å². The van der Waals surface area contributed by atoms with Gasteiger partial charge in [0.05, 0.1) is 0 Å². The lowest BCUT2D eigenvalue weighted by Gasteiger charge is -2.21. The van der Waals surface area contributed by atoms with Crippen LogP contribution in [0, 0.1) is 11.8 Å². The highest BCUT2D eigenvalue weighted by Crippen LogP contribution is 2.22. The van der Waals surface area contributed by atoms with E-state index >= 15 is 0 Å². The van der Waals surface area contributed by atoms with Crippen molar-refractivity contribution in [3.8, 4) is 0 Å². The highest BCUT2D eigenvalue weighted by molar-refractivity contribution is 6.01. The number of piperidine rings is 1. The first-order valence-electron chi connectivity index (χ1n) is 11.5. The van der Waals surface area contributed by atoms with E-state index in [1.54, 1.807) is 0 Å². The minimum atomic E-state index is 0.201. The number of nitrogens with one attached hydrogen (secondary N) is 1. The van der Waals surface area contributed by atoms with E-state index in [1.807, 2.05) is 30.3 Å². The van der Waals surface area contributed by atoms with Crippen molar-refractivity contribution in [1.29, 1.82) is 0 Å². The maximum Gasteiger partial charge on any atom is 0.166 e. The maximum absolute atomic E-state index is 12.4. The van der Waals surface area contributed by atoms with Gasteiger partial charge in [0.15, 0.2) is 5.78 Å². The molecule has 1 heterocycles. The van der Waals surface area contributed by atoms with E-state index in [2.05, 4.69) is 61.6 Å². The number of rotatable bonds is 6. The predicted octanol–water partition coefficient (Wildman–Crippen LogP) is 6.69. The quantitative estimate of drug-likeness (QED) is 0.466. The number of fused-ring (bicyclic) bond motifs is 1. The van der Waals surface area contributed by atoms with Gasteiger partial charge in [0.25, 0.3) is 0 Å². The number of hydrogen-bond acceptors (Lipinski definition) is 2. The average Bonchev–Trinajstić information content (AvgIpc) is 2.83. The molecule has 158 valence electrons. The molecule has 0 radical (unpaired) electrons. The molecule has 1 N–H and O–H groups in total. The summed E-state index contributed by atoms with van der Waals surface area (Å²) in [6, 6.07) is 25.0. The highest BCUT2D eigenvalue weighted by Gasteiger charge is 2.22. The average molecular weight is 402 g/mol. The summed E-state index contributed by atoms with van der Waals surface area (Å²) in [5, 5.41) is 5.64. The molecule has 0 amide bonds. The van der Waals surface area contributed by atoms with Crippen LogP contribution in [0.5, 0.6) is 0 Å². The van der Waals surface area contributed by atoms with Crippen LogP contribution in [0.25, 0.3) is 10.8 Å². The molecule has 30 heavy (non-hydrogen) atoms. The van der Waals surface area contributed by atoms with Crippen molar-refractivity contribution in [2.75, 3.05) is 13.1 Å². The second-order valence-electron chi connectivity index (χ2n) is 8.32. The van der Waals surface area contributed by atoms with Crippen molar-refractivity contribution >= 4 is 16.6 Å². The molecule has 1 aliphatic heterocycles. The fourth-order valence-corrected chi connectivity index (χ4v) is 4.19. The van der Waals surface area contributed by atoms with E-state index in [4.69, 9.17) is 0 Å². The lowest BCUT2D eigenvalue weighted by atomic mass is 9.89. The Balaban J connectivity index is 0.000000187. The Morgan fingerprint density at radius 2 is 1.50 bits per heavy atom. The Bertz CT molecular complexity index is 908. The van der Waals surface area contributed by atoms with E-state index < -0.39 is 0 Å². The first-order valence-corrected chi connectivity index (χ1v) is 11.5. The van der Waals surface area contributed by atoms with Gasteiger partial charge in [-0.3, -0.25) is 4.79 Å². The molecule has 0 unspecified atom stereocenters. The summed E-state index contributed by atoms with van der Waals surface area (Å²) in [4.78, 5) is 12.4. The van der Waals surface area contributed by atoms with E-state index in [9.17, 15) is 4.79 Å². The molecule has 1 fully saturated rings. The standard InChI is InChI=1S/C16H17NO.C12H18/c18-16(13-7-9-17-10-8-13)15-6-5-12-3-1-2-4-14(12)11-15;1-3-11(4-2)10-12-8-6-5-7-9-12/h1-6,11,13,17H,7-10H2;5-9,11H,3-4,10H2,1-2H3. The second kappa shape index (κ2) is 11.7. The van der Waals surface area contributed by atoms with Crippen LogP contribution in [0.4, 0.5) is 0 Å². The van der Waals surface area contributed by atoms with Gasteiger partial charge < -0.3 is 5.32 Å². The van der Waals surface area contributed by atoms with Gasteiger partial charge in [-0.25, -0.2) is 0 Å². The minimum Gasteiger partial charge on any atom is -0.317 e. The molecule has 3 aromatic carbocycles. The van der Waals surface area contributed by atoms with Crippen LogP contribution in [0.2, 0.25) is 0 Å². The minimum absolute atomic E-state index is 0.201. The van der Waals surface area contributed by atoms with Crippen LogP contribution < -0.4 is 5.32 Å². The van der Waals surface area contributed by atoms with Gasteiger partial charge >= 0.3 is 0 Å². The Kier molecular flexibility index (Phi) is 8.65. The Labute approximate surface area is 181 Å². The van der Waals surface area contributed by atoms with Crippen LogP contribution in [-0.4, -0.2) is 18.9 Å². The van der Waals surface area contributed by atoms with Gasteiger partial charge in [-0.15, -0.1) is 0 Å². The smallest absolute Gasteiger partial charge is 0.166 e. The molecule has 0 atom stereocenters. The van der Waals surface area contributed by atoms with E-state index in [-0.39, 0.29) is 5.92 Å². The normalized spacial score (nSPS) is 14.4. The van der Waals surface area contributed by atoms with E-state index in [1.165, 1.54) is 30.2 Å². The molecule has 0 aromatic heterocycles. The van der Waals surface area contributed by atoms with Gasteiger partial charge in [-0.2, -0.15) is 0 Å². The number of carbonyl (C=O) groups excluding carboxylic acids is 1. The zero-order chi connectivity index (χ0) is 21.2. The van der Waals surface area contributed by atoms with Crippen molar-refractivity contribution in [3.05, 3.63) is 83.9 Å². The van der Waals surface area contributed by atoms with Gasteiger partial charge in [-0.1, -0.05) is 93.4 Å². The summed E-state index contributed by atoms with van der Waals surface area (Å²) in [6.45, 7) is 6.47. The molecular weight excluding hydrogens is 366 g/mol. The first-order chi connectivity index (χ1) is 14.7. The van der Waals surface area contributed by atoms with E-state index in [0.717, 1.165) is 42.8 Å². The third-order valence-corrected chi connectivity index (χ3v) is 6.27. The van der Waals surface area contributed by atoms with Crippen LogP contribution in [0.1, 0.15) is 55.5 Å². The molecule has 1 saturated heterocycles. The summed E-state index contributed by atoms with van der Waals surface area (Å²) in [7, 11) is 0. The number of benzene rings is 3. The summed E-state index contributed by atoms with van der Waals surface area (Å²) in [6.07, 6.45) is 5.77. The zero-order valence-electron chi connectivity index (χ0n) is 18.4. The first kappa shape index (κ1) is 22.2. The molecule has 0 spiro atoms. The van der Waals surface area contributed by atoms with Crippen LogP contribution >= 0.6 is 0 Å². The molecular formula is C28H35NO. The van der Waals surface area contributed by atoms with E-state index in [0.29, 0.717) is 5.78 Å². The zero-order valence-corrected chi connectivity index (χ0v) is 18.4. The summed E-state index contributed by atoms with van der Waals surface area (Å²) >= 11 is 0. The second-order valence-corrected chi connectivity index (χ2v) is 8.32. The largest absolute Gasteiger partial charge is 0.317 e. The number of ketones is 1. The Morgan fingerprint density at radius 3 is 2.17 bits per heavy atom. The number of hydrogen-bond donors (Lipinski definition) is 1. The molecule has 2 nitrogen and oxygen atoms in total. The summed E-state index contributed by atoms with van der Waals surface area (Å²) in [5.41, 5.74) is 2.34. The third kappa shape index (κ3) is 6.27. The third-order valence-electron chi connectivity index (χ3n) is 6.27. The fraction of sp³-hybridized carbons (Fsp3) is 0.393. The molecule has 0 bridgehead atoms. The van der Waals surface area contributed by atoms with Crippen LogP contribution in [0.3, 0.4) is 0 Å². The SMILES string of the molecule is CCC(CC)Cc1ccccc1.O=C(c1ccc2ccccc2c1)C1CCNCC1. The number of carbonyl (C=O) groups is 1. The molecule has 0 saturated carbocycles. The van der Waals surface area contributed by atoms with Crippen molar-refractivity contribution in [2.24, 2.45) is 11.8 Å². The molecule has 0 aliphatic carbocycles. The Morgan fingerprint density at radius 1 is 0.867 bits per heavy atom. The Hall–Kier alpha value is -2.45. The van der Waals surface area contributed by atoms with Crippen LogP contribution in [-0.2, 0) is 6.42 Å². The summed E-state index contributed by atoms with van der Waals surface area (Å²) in [5.74, 6) is 1.38. The van der Waals surface area contributed by atoms with Gasteiger partial charge in [0.1, 0.15) is 0 Å². The lowest BCUT2D eigenvalue weighted by molar-refractivity contribution is 0.0895. The van der Waals surface area contributed by atoms with Gasteiger partial charge in [-0.05, 0) is 60.7 Å². The number of Topliss-reactive ketones (excluding diaryl/α,β-unsaturated/α-hetero) is 1. The molecule has 1 aliphatic rings. The van der Waals surface area contributed by atoms with Crippen molar-refractivity contribution in [3.63, 3.8) is 0 Å². The van der Waals surface area contributed by atoms with Crippen molar-refractivity contribution < 1.29 is 4.79 Å². The predicted molar refractivity (Wildman–Crippen MR) is 128 cm³/mol. The maximum atomic E-state index is 12.4.